The van der Waals surface area contributed by atoms with Crippen molar-refractivity contribution in [2.45, 2.75) is 51.9 Å². The molecular weight excluding hydrogens is 395 g/mol. The minimum atomic E-state index is -0.508. The minimum Gasteiger partial charge on any atom is -0.350 e. The number of hydrogen-bond donors (Lipinski definition) is 1. The van der Waals surface area contributed by atoms with Crippen molar-refractivity contribution in [3.05, 3.63) is 76.1 Å². The smallest absolute Gasteiger partial charge is 0.261 e. The highest BCUT2D eigenvalue weighted by molar-refractivity contribution is 5.79. The van der Waals surface area contributed by atoms with E-state index in [1.165, 1.54) is 47.9 Å². The van der Waals surface area contributed by atoms with E-state index in [0.717, 1.165) is 24.7 Å². The standard InChI is InChI=1S/C24H27FN4O2/c1-17-4-2-3-11-28(17)14-19-7-5-18(6-8-19)13-26-23(30)15-29-16-27-22-10-9-20(25)12-21(22)24(29)31/h5-10,12,16-17H,2-4,11,13-15H2,1H3,(H,26,30). The molecule has 1 amide bonds. The number of carbonyl (C=O) groups is 1. The number of benzene rings is 2. The molecule has 7 heteroatoms. The fraction of sp³-hybridized carbons (Fsp3) is 0.375. The topological polar surface area (TPSA) is 67.2 Å². The van der Waals surface area contributed by atoms with E-state index < -0.39 is 11.4 Å². The van der Waals surface area contributed by atoms with Gasteiger partial charge in [-0.3, -0.25) is 19.1 Å². The summed E-state index contributed by atoms with van der Waals surface area (Å²) in [5.41, 5.74) is 2.23. The number of piperidine rings is 1. The molecule has 1 saturated heterocycles. The quantitative estimate of drug-likeness (QED) is 0.662. The number of nitrogens with zero attached hydrogens (tertiary/aromatic N) is 3. The van der Waals surface area contributed by atoms with Crippen LogP contribution in [0.25, 0.3) is 10.9 Å². The maximum absolute atomic E-state index is 13.4. The van der Waals surface area contributed by atoms with Gasteiger partial charge in [-0.2, -0.15) is 0 Å². The molecule has 0 saturated carbocycles. The lowest BCUT2D eigenvalue weighted by atomic mass is 10.0. The lowest BCUT2D eigenvalue weighted by Gasteiger charge is -2.33. The SMILES string of the molecule is CC1CCCCN1Cc1ccc(CNC(=O)Cn2cnc3ccc(F)cc3c2=O)cc1. The van der Waals surface area contributed by atoms with Crippen molar-refractivity contribution in [1.29, 1.82) is 0 Å². The third-order valence-corrected chi connectivity index (χ3v) is 5.94. The van der Waals surface area contributed by atoms with Crippen LogP contribution in [0.1, 0.15) is 37.3 Å². The number of nitrogens with one attached hydrogen (secondary N) is 1. The van der Waals surface area contributed by atoms with E-state index in [1.54, 1.807) is 0 Å². The lowest BCUT2D eigenvalue weighted by Crippen LogP contribution is -2.36. The molecule has 1 aliphatic heterocycles. The van der Waals surface area contributed by atoms with Gasteiger partial charge in [0, 0.05) is 19.1 Å². The van der Waals surface area contributed by atoms with Gasteiger partial charge in [-0.1, -0.05) is 30.7 Å². The fourth-order valence-corrected chi connectivity index (χ4v) is 4.04. The molecule has 1 aliphatic rings. The second kappa shape index (κ2) is 9.39. The first kappa shape index (κ1) is 21.2. The molecule has 4 rings (SSSR count). The number of amides is 1. The number of rotatable bonds is 6. The number of aromatic nitrogens is 2. The largest absolute Gasteiger partial charge is 0.350 e. The fourth-order valence-electron chi connectivity index (χ4n) is 4.04. The monoisotopic (exact) mass is 422 g/mol. The summed E-state index contributed by atoms with van der Waals surface area (Å²) in [6.07, 6.45) is 5.15. The molecule has 0 bridgehead atoms. The van der Waals surface area contributed by atoms with Crippen molar-refractivity contribution >= 4 is 16.8 Å². The van der Waals surface area contributed by atoms with Crippen LogP contribution in [0.4, 0.5) is 4.39 Å². The Morgan fingerprint density at radius 2 is 1.94 bits per heavy atom. The average Bonchev–Trinajstić information content (AvgIpc) is 2.77. The molecular formula is C24H27FN4O2. The minimum absolute atomic E-state index is 0.161. The van der Waals surface area contributed by atoms with E-state index in [9.17, 15) is 14.0 Å². The van der Waals surface area contributed by atoms with Gasteiger partial charge in [-0.15, -0.1) is 0 Å². The molecule has 1 atom stereocenters. The normalized spacial score (nSPS) is 17.0. The van der Waals surface area contributed by atoms with Gasteiger partial charge < -0.3 is 5.32 Å². The molecule has 6 nitrogen and oxygen atoms in total. The van der Waals surface area contributed by atoms with Gasteiger partial charge in [0.05, 0.1) is 17.2 Å². The Kier molecular flexibility index (Phi) is 6.42. The van der Waals surface area contributed by atoms with Gasteiger partial charge in [0.25, 0.3) is 5.56 Å². The van der Waals surface area contributed by atoms with Crippen LogP contribution >= 0.6 is 0 Å². The van der Waals surface area contributed by atoms with Crippen molar-refractivity contribution < 1.29 is 9.18 Å². The van der Waals surface area contributed by atoms with Gasteiger partial charge >= 0.3 is 0 Å². The molecule has 0 radical (unpaired) electrons. The molecule has 0 spiro atoms. The highest BCUT2D eigenvalue weighted by Gasteiger charge is 2.18. The Hall–Kier alpha value is -3.06. The van der Waals surface area contributed by atoms with Crippen LogP contribution in [-0.4, -0.2) is 32.9 Å². The Labute approximate surface area is 180 Å². The maximum Gasteiger partial charge on any atom is 0.261 e. The van der Waals surface area contributed by atoms with E-state index >= 15 is 0 Å². The number of halogens is 1. The van der Waals surface area contributed by atoms with Crippen molar-refractivity contribution in [1.82, 2.24) is 19.8 Å². The van der Waals surface area contributed by atoms with Crippen molar-refractivity contribution in [2.75, 3.05) is 6.54 Å². The second-order valence-electron chi connectivity index (χ2n) is 8.25. The Morgan fingerprint density at radius 1 is 1.16 bits per heavy atom. The van der Waals surface area contributed by atoms with Crippen molar-refractivity contribution in [3.8, 4) is 0 Å². The first-order valence-electron chi connectivity index (χ1n) is 10.7. The van der Waals surface area contributed by atoms with Crippen LogP contribution in [-0.2, 0) is 24.4 Å². The molecule has 3 aromatic rings. The highest BCUT2D eigenvalue weighted by atomic mass is 19.1. The van der Waals surface area contributed by atoms with Crippen molar-refractivity contribution in [2.24, 2.45) is 0 Å². The van der Waals surface area contributed by atoms with Crippen LogP contribution in [0.15, 0.2) is 53.6 Å². The first-order chi connectivity index (χ1) is 15.0. The van der Waals surface area contributed by atoms with E-state index in [1.807, 2.05) is 12.1 Å². The molecule has 2 heterocycles. The molecule has 1 fully saturated rings. The summed E-state index contributed by atoms with van der Waals surface area (Å²) in [5, 5.41) is 2.99. The van der Waals surface area contributed by atoms with Crippen LogP contribution in [0.5, 0.6) is 0 Å². The summed E-state index contributed by atoms with van der Waals surface area (Å²) in [5.74, 6) is -0.808. The van der Waals surface area contributed by atoms with Crippen LogP contribution in [0, 0.1) is 5.82 Å². The molecule has 1 unspecified atom stereocenters. The molecule has 0 aliphatic carbocycles. The maximum atomic E-state index is 13.4. The average molecular weight is 423 g/mol. The van der Waals surface area contributed by atoms with Gasteiger partial charge in [-0.05, 0) is 55.6 Å². The Bertz CT molecular complexity index is 1130. The number of likely N-dealkylation sites (tertiary alicyclic amines) is 1. The number of hydrogen-bond acceptors (Lipinski definition) is 4. The second-order valence-corrected chi connectivity index (χ2v) is 8.25. The highest BCUT2D eigenvalue weighted by Crippen LogP contribution is 2.19. The third kappa shape index (κ3) is 5.17. The molecule has 31 heavy (non-hydrogen) atoms. The molecule has 1 aromatic heterocycles. The Morgan fingerprint density at radius 3 is 2.71 bits per heavy atom. The number of carbonyl (C=O) groups excluding carboxylic acids is 1. The zero-order valence-electron chi connectivity index (χ0n) is 17.7. The predicted molar refractivity (Wildman–Crippen MR) is 118 cm³/mol. The summed E-state index contributed by atoms with van der Waals surface area (Å²) >= 11 is 0. The van der Waals surface area contributed by atoms with Gasteiger partial charge in [0.2, 0.25) is 5.91 Å². The van der Waals surface area contributed by atoms with Gasteiger partial charge in [0.15, 0.2) is 0 Å². The zero-order chi connectivity index (χ0) is 21.8. The van der Waals surface area contributed by atoms with E-state index in [2.05, 4.69) is 34.3 Å². The van der Waals surface area contributed by atoms with Crippen LogP contribution < -0.4 is 10.9 Å². The Balaban J connectivity index is 1.33. The van der Waals surface area contributed by atoms with E-state index in [-0.39, 0.29) is 17.8 Å². The summed E-state index contributed by atoms with van der Waals surface area (Å²) < 4.78 is 14.6. The molecule has 162 valence electrons. The predicted octanol–water partition coefficient (Wildman–Crippen LogP) is 3.23. The number of fused-ring (bicyclic) bond motifs is 1. The van der Waals surface area contributed by atoms with E-state index in [0.29, 0.717) is 18.1 Å². The summed E-state index contributed by atoms with van der Waals surface area (Å²) in [6.45, 7) is 4.60. The zero-order valence-corrected chi connectivity index (χ0v) is 17.7. The van der Waals surface area contributed by atoms with Crippen molar-refractivity contribution in [3.63, 3.8) is 0 Å². The van der Waals surface area contributed by atoms with Gasteiger partial charge in [0.1, 0.15) is 12.4 Å². The summed E-state index contributed by atoms with van der Waals surface area (Å²) in [4.78, 5) is 31.5. The lowest BCUT2D eigenvalue weighted by molar-refractivity contribution is -0.121. The molecule has 1 N–H and O–H groups in total. The molecule has 2 aromatic carbocycles. The van der Waals surface area contributed by atoms with Crippen LogP contribution in [0.2, 0.25) is 0 Å². The summed E-state index contributed by atoms with van der Waals surface area (Å²) in [6, 6.07) is 12.7. The van der Waals surface area contributed by atoms with E-state index in [4.69, 9.17) is 0 Å². The summed E-state index contributed by atoms with van der Waals surface area (Å²) in [7, 11) is 0. The van der Waals surface area contributed by atoms with Crippen LogP contribution in [0.3, 0.4) is 0 Å². The van der Waals surface area contributed by atoms with Gasteiger partial charge in [-0.25, -0.2) is 9.37 Å². The first-order valence-corrected chi connectivity index (χ1v) is 10.7. The third-order valence-electron chi connectivity index (χ3n) is 5.94.